The number of Topliss-reactive ketones (excluding diaryl/α,β-unsaturated/α-hetero) is 1. The van der Waals surface area contributed by atoms with E-state index < -0.39 is 0 Å². The molecule has 2 heteroatoms. The fourth-order valence-electron chi connectivity index (χ4n) is 2.04. The molecule has 0 bridgehead atoms. The Morgan fingerprint density at radius 3 is 3.00 bits per heavy atom. The molecule has 0 spiro atoms. The summed E-state index contributed by atoms with van der Waals surface area (Å²) < 4.78 is 0. The van der Waals surface area contributed by atoms with Crippen LogP contribution >= 0.6 is 0 Å². The normalized spacial score (nSPS) is 19.9. The molecule has 0 saturated heterocycles. The maximum atomic E-state index is 11.3. The largest absolute Gasteiger partial charge is 0.399 e. The van der Waals surface area contributed by atoms with Gasteiger partial charge in [0.25, 0.3) is 0 Å². The van der Waals surface area contributed by atoms with Crippen molar-refractivity contribution >= 4 is 11.5 Å². The van der Waals surface area contributed by atoms with E-state index in [0.29, 0.717) is 0 Å². The third-order valence-corrected chi connectivity index (χ3v) is 2.74. The number of benzene rings is 1. The number of carbonyl (C=O) groups is 1. The lowest BCUT2D eigenvalue weighted by molar-refractivity contribution is -0.118. The van der Waals surface area contributed by atoms with Crippen LogP contribution in [-0.4, -0.2) is 5.78 Å². The van der Waals surface area contributed by atoms with Gasteiger partial charge in [-0.15, -0.1) is 0 Å². The second-order valence-corrected chi connectivity index (χ2v) is 3.66. The predicted octanol–water partition coefficient (Wildman–Crippen LogP) is 1.89. The van der Waals surface area contributed by atoms with E-state index >= 15 is 0 Å². The van der Waals surface area contributed by atoms with Crippen molar-refractivity contribution in [1.29, 1.82) is 0 Å². The quantitative estimate of drug-likeness (QED) is 0.662. The van der Waals surface area contributed by atoms with E-state index in [4.69, 9.17) is 5.73 Å². The molecule has 1 unspecified atom stereocenters. The fraction of sp³-hybridized carbons (Fsp3) is 0.364. The van der Waals surface area contributed by atoms with Gasteiger partial charge in [-0.25, -0.2) is 0 Å². The van der Waals surface area contributed by atoms with Gasteiger partial charge in [-0.05, 0) is 43.0 Å². The first-order valence-corrected chi connectivity index (χ1v) is 4.57. The van der Waals surface area contributed by atoms with Gasteiger partial charge in [0, 0.05) is 11.6 Å². The first kappa shape index (κ1) is 8.30. The van der Waals surface area contributed by atoms with Gasteiger partial charge < -0.3 is 5.73 Å². The van der Waals surface area contributed by atoms with Gasteiger partial charge >= 0.3 is 0 Å². The molecule has 68 valence electrons. The van der Waals surface area contributed by atoms with Gasteiger partial charge in [0.15, 0.2) is 0 Å². The topological polar surface area (TPSA) is 43.1 Å². The lowest BCUT2D eigenvalue weighted by Gasteiger charge is -2.07. The van der Waals surface area contributed by atoms with Crippen LogP contribution in [0.4, 0.5) is 5.69 Å². The Morgan fingerprint density at radius 1 is 1.54 bits per heavy atom. The zero-order valence-electron chi connectivity index (χ0n) is 7.71. The Hall–Kier alpha value is -1.31. The Balaban J connectivity index is 2.46. The number of fused-ring (bicyclic) bond motifs is 1. The summed E-state index contributed by atoms with van der Waals surface area (Å²) in [4.78, 5) is 11.3. The molecule has 1 aromatic carbocycles. The number of carbonyl (C=O) groups excluding carboxylic acids is 1. The van der Waals surface area contributed by atoms with Gasteiger partial charge in [0.1, 0.15) is 5.78 Å². The molecule has 0 aromatic heterocycles. The summed E-state index contributed by atoms with van der Waals surface area (Å²) in [5.74, 6) is 0.350. The molecule has 0 fully saturated rings. The van der Waals surface area contributed by atoms with Crippen molar-refractivity contribution in [2.24, 2.45) is 0 Å². The summed E-state index contributed by atoms with van der Waals surface area (Å²) in [6.45, 7) is 1.66. The Morgan fingerprint density at radius 2 is 2.31 bits per heavy atom. The highest BCUT2D eigenvalue weighted by Gasteiger charge is 2.25. The van der Waals surface area contributed by atoms with Crippen LogP contribution in [0, 0.1) is 0 Å². The van der Waals surface area contributed by atoms with Crippen molar-refractivity contribution in [3.05, 3.63) is 29.3 Å². The van der Waals surface area contributed by atoms with Crippen molar-refractivity contribution in [3.8, 4) is 0 Å². The molecular formula is C11H13NO. The lowest BCUT2D eigenvalue weighted by Crippen LogP contribution is -2.04. The number of nitrogen functional groups attached to an aromatic ring is 1. The molecule has 0 aliphatic heterocycles. The molecular weight excluding hydrogens is 162 g/mol. The van der Waals surface area contributed by atoms with Gasteiger partial charge in [0.2, 0.25) is 0 Å². The molecule has 1 aliphatic rings. The van der Waals surface area contributed by atoms with Crippen LogP contribution < -0.4 is 5.73 Å². The van der Waals surface area contributed by atoms with Gasteiger partial charge in [-0.2, -0.15) is 0 Å². The van der Waals surface area contributed by atoms with Gasteiger partial charge in [-0.1, -0.05) is 6.07 Å². The van der Waals surface area contributed by atoms with Crippen LogP contribution in [0.3, 0.4) is 0 Å². The molecule has 0 saturated carbocycles. The minimum absolute atomic E-state index is 0.0958. The molecule has 1 aliphatic carbocycles. The van der Waals surface area contributed by atoms with E-state index in [9.17, 15) is 4.79 Å². The van der Waals surface area contributed by atoms with Gasteiger partial charge in [0.05, 0.1) is 0 Å². The molecule has 0 radical (unpaired) electrons. The number of ketones is 1. The molecule has 1 aromatic rings. The van der Waals surface area contributed by atoms with Crippen LogP contribution in [0.1, 0.15) is 30.4 Å². The van der Waals surface area contributed by atoms with Crippen molar-refractivity contribution in [2.75, 3.05) is 5.73 Å². The molecule has 0 amide bonds. The Kier molecular flexibility index (Phi) is 1.83. The molecule has 2 N–H and O–H groups in total. The maximum Gasteiger partial charge on any atom is 0.137 e. The first-order valence-electron chi connectivity index (χ1n) is 4.57. The molecule has 1 atom stereocenters. The number of nitrogens with two attached hydrogens (primary N) is 1. The zero-order chi connectivity index (χ0) is 9.42. The first-order chi connectivity index (χ1) is 6.18. The number of aryl methyl sites for hydroxylation is 1. The van der Waals surface area contributed by atoms with E-state index in [2.05, 4.69) is 0 Å². The van der Waals surface area contributed by atoms with Crippen molar-refractivity contribution < 1.29 is 4.79 Å². The van der Waals surface area contributed by atoms with E-state index in [1.807, 2.05) is 18.2 Å². The number of rotatable bonds is 1. The SMILES string of the molecule is CC(=O)C1CCc2ccc(N)cc21. The van der Waals surface area contributed by atoms with Crippen molar-refractivity contribution in [3.63, 3.8) is 0 Å². The lowest BCUT2D eigenvalue weighted by atomic mass is 9.97. The molecule has 2 rings (SSSR count). The standard InChI is InChI=1S/C11H13NO/c1-7(13)10-5-3-8-2-4-9(12)6-11(8)10/h2,4,6,10H,3,5,12H2,1H3. The predicted molar refractivity (Wildman–Crippen MR) is 52.6 cm³/mol. The second kappa shape index (κ2) is 2.87. The summed E-state index contributed by atoms with van der Waals surface area (Å²) >= 11 is 0. The van der Waals surface area contributed by atoms with Crippen molar-refractivity contribution in [1.82, 2.24) is 0 Å². The Bertz CT molecular complexity index is 357. The highest BCUT2D eigenvalue weighted by Crippen LogP contribution is 2.34. The fourth-order valence-corrected chi connectivity index (χ4v) is 2.04. The Labute approximate surface area is 77.8 Å². The minimum atomic E-state index is 0.0958. The molecule has 0 heterocycles. The maximum absolute atomic E-state index is 11.3. The summed E-state index contributed by atoms with van der Waals surface area (Å²) in [6, 6.07) is 5.88. The second-order valence-electron chi connectivity index (χ2n) is 3.66. The summed E-state index contributed by atoms with van der Waals surface area (Å²) in [6.07, 6.45) is 1.97. The third kappa shape index (κ3) is 1.32. The monoisotopic (exact) mass is 175 g/mol. The average Bonchev–Trinajstić information content (AvgIpc) is 2.46. The minimum Gasteiger partial charge on any atom is -0.399 e. The summed E-state index contributed by atoms with van der Waals surface area (Å²) in [5.41, 5.74) is 8.87. The number of anilines is 1. The highest BCUT2D eigenvalue weighted by atomic mass is 16.1. The van der Waals surface area contributed by atoms with Crippen LogP contribution in [0.2, 0.25) is 0 Å². The van der Waals surface area contributed by atoms with Gasteiger partial charge in [-0.3, -0.25) is 4.79 Å². The van der Waals surface area contributed by atoms with Crippen LogP contribution in [0.25, 0.3) is 0 Å². The molecule has 13 heavy (non-hydrogen) atoms. The van der Waals surface area contributed by atoms with Crippen LogP contribution in [0.5, 0.6) is 0 Å². The van der Waals surface area contributed by atoms with E-state index in [0.717, 1.165) is 24.1 Å². The molecule has 2 nitrogen and oxygen atoms in total. The average molecular weight is 175 g/mol. The van der Waals surface area contributed by atoms with Crippen molar-refractivity contribution in [2.45, 2.75) is 25.7 Å². The van der Waals surface area contributed by atoms with E-state index in [1.54, 1.807) is 6.92 Å². The highest BCUT2D eigenvalue weighted by molar-refractivity contribution is 5.85. The summed E-state index contributed by atoms with van der Waals surface area (Å²) in [7, 11) is 0. The van der Waals surface area contributed by atoms with E-state index in [1.165, 1.54) is 5.56 Å². The smallest absolute Gasteiger partial charge is 0.137 e. The third-order valence-electron chi connectivity index (χ3n) is 2.74. The number of hydrogen-bond donors (Lipinski definition) is 1. The van der Waals surface area contributed by atoms with E-state index in [-0.39, 0.29) is 11.7 Å². The van der Waals surface area contributed by atoms with Crippen LogP contribution in [-0.2, 0) is 11.2 Å². The zero-order valence-corrected chi connectivity index (χ0v) is 7.71. The van der Waals surface area contributed by atoms with Crippen LogP contribution in [0.15, 0.2) is 18.2 Å². The number of hydrogen-bond acceptors (Lipinski definition) is 2. The summed E-state index contributed by atoms with van der Waals surface area (Å²) in [5, 5.41) is 0.